The molecule has 1 aliphatic rings. The smallest absolute Gasteiger partial charge is 0.252 e. The van der Waals surface area contributed by atoms with Crippen LogP contribution in [0.3, 0.4) is 0 Å². The molecule has 122 valence electrons. The summed E-state index contributed by atoms with van der Waals surface area (Å²) >= 11 is 0. The van der Waals surface area contributed by atoms with E-state index < -0.39 is 0 Å². The lowest BCUT2D eigenvalue weighted by molar-refractivity contribution is 0.0953. The van der Waals surface area contributed by atoms with Crippen LogP contribution in [0.4, 0.5) is 5.69 Å². The summed E-state index contributed by atoms with van der Waals surface area (Å²) in [6.07, 6.45) is 5.69. The lowest BCUT2D eigenvalue weighted by Gasteiger charge is -2.11. The quantitative estimate of drug-likeness (QED) is 0.650. The van der Waals surface area contributed by atoms with E-state index in [4.69, 9.17) is 5.73 Å². The number of nitrogens with two attached hydrogens (primary N) is 1. The topological polar surface area (TPSA) is 95.8 Å². The van der Waals surface area contributed by atoms with Gasteiger partial charge in [0, 0.05) is 24.8 Å². The van der Waals surface area contributed by atoms with E-state index >= 15 is 0 Å². The van der Waals surface area contributed by atoms with Crippen LogP contribution in [-0.4, -0.2) is 29.5 Å². The van der Waals surface area contributed by atoms with Gasteiger partial charge < -0.3 is 21.4 Å². The second-order valence-electron chi connectivity index (χ2n) is 5.90. The SMILES string of the molecule is CNc1ccc2c(c1)C(=O)NCCCCC[C@H](N)c1ncc-2[nH]1. The first kappa shape index (κ1) is 15.6. The van der Waals surface area contributed by atoms with Crippen LogP contribution in [0.2, 0.25) is 0 Å². The molecule has 0 aliphatic carbocycles. The third-order valence-corrected chi connectivity index (χ3v) is 4.27. The average Bonchev–Trinajstić information content (AvgIpc) is 3.06. The van der Waals surface area contributed by atoms with E-state index in [1.54, 1.807) is 6.20 Å². The Morgan fingerprint density at radius 2 is 2.13 bits per heavy atom. The van der Waals surface area contributed by atoms with Crippen molar-refractivity contribution in [2.45, 2.75) is 31.7 Å². The summed E-state index contributed by atoms with van der Waals surface area (Å²) in [7, 11) is 1.84. The number of hydrogen-bond acceptors (Lipinski definition) is 4. The molecule has 2 bridgehead atoms. The third kappa shape index (κ3) is 3.37. The summed E-state index contributed by atoms with van der Waals surface area (Å²) in [4.78, 5) is 20.2. The number of aromatic nitrogens is 2. The minimum absolute atomic E-state index is 0.0585. The molecule has 2 heterocycles. The van der Waals surface area contributed by atoms with Gasteiger partial charge in [0.25, 0.3) is 5.91 Å². The minimum Gasteiger partial charge on any atom is -0.388 e. The zero-order chi connectivity index (χ0) is 16.2. The second kappa shape index (κ2) is 6.83. The van der Waals surface area contributed by atoms with Crippen LogP contribution in [0.25, 0.3) is 11.3 Å². The molecule has 5 N–H and O–H groups in total. The largest absolute Gasteiger partial charge is 0.388 e. The van der Waals surface area contributed by atoms with Crippen LogP contribution in [0.1, 0.15) is 47.9 Å². The molecule has 0 radical (unpaired) electrons. The van der Waals surface area contributed by atoms with Crippen LogP contribution in [0.15, 0.2) is 24.4 Å². The van der Waals surface area contributed by atoms with Crippen LogP contribution < -0.4 is 16.4 Å². The Hall–Kier alpha value is -2.34. The molecule has 2 aromatic rings. The van der Waals surface area contributed by atoms with Crippen LogP contribution in [-0.2, 0) is 0 Å². The molecule has 0 saturated heterocycles. The number of aromatic amines is 1. The van der Waals surface area contributed by atoms with E-state index in [-0.39, 0.29) is 11.9 Å². The lowest BCUT2D eigenvalue weighted by atomic mass is 10.0. The van der Waals surface area contributed by atoms with Gasteiger partial charge in [-0.05, 0) is 31.0 Å². The molecule has 0 unspecified atom stereocenters. The number of carbonyl (C=O) groups is 1. The van der Waals surface area contributed by atoms with Gasteiger partial charge in [-0.1, -0.05) is 12.8 Å². The van der Waals surface area contributed by atoms with E-state index in [0.29, 0.717) is 12.1 Å². The van der Waals surface area contributed by atoms with Gasteiger partial charge in [0.15, 0.2) is 0 Å². The van der Waals surface area contributed by atoms with Crippen molar-refractivity contribution < 1.29 is 4.79 Å². The van der Waals surface area contributed by atoms with Crippen LogP contribution in [0, 0.1) is 0 Å². The van der Waals surface area contributed by atoms with E-state index in [0.717, 1.165) is 48.5 Å². The molecule has 0 spiro atoms. The molecule has 1 aromatic carbocycles. The van der Waals surface area contributed by atoms with Gasteiger partial charge in [0.1, 0.15) is 5.82 Å². The molecule has 6 heteroatoms. The van der Waals surface area contributed by atoms with Gasteiger partial charge in [0.05, 0.1) is 23.5 Å². The minimum atomic E-state index is -0.0896. The van der Waals surface area contributed by atoms with Gasteiger partial charge in [0.2, 0.25) is 0 Å². The number of rotatable bonds is 1. The summed E-state index contributed by atoms with van der Waals surface area (Å²) in [5.41, 5.74) is 9.41. The molecular formula is C17H23N5O. The number of carbonyl (C=O) groups excluding carboxylic acids is 1. The highest BCUT2D eigenvalue weighted by atomic mass is 16.1. The first-order valence-electron chi connectivity index (χ1n) is 8.10. The molecule has 1 aliphatic heterocycles. The number of hydrogen-bond donors (Lipinski definition) is 4. The van der Waals surface area contributed by atoms with E-state index in [1.165, 1.54) is 0 Å². The van der Waals surface area contributed by atoms with E-state index in [2.05, 4.69) is 20.6 Å². The third-order valence-electron chi connectivity index (χ3n) is 4.27. The Kier molecular flexibility index (Phi) is 4.62. The number of nitrogens with zero attached hydrogens (tertiary/aromatic N) is 1. The average molecular weight is 313 g/mol. The predicted octanol–water partition coefficient (Wildman–Crippen LogP) is 2.42. The number of imidazole rings is 1. The number of benzene rings is 1. The number of H-pyrrole nitrogens is 1. The van der Waals surface area contributed by atoms with Gasteiger partial charge in [-0.15, -0.1) is 0 Å². The molecule has 1 atom stereocenters. The number of fused-ring (bicyclic) bond motifs is 4. The Balaban J connectivity index is 2.04. The molecule has 1 amide bonds. The Bertz CT molecular complexity index is 694. The highest BCUT2D eigenvalue weighted by molar-refractivity contribution is 6.01. The fourth-order valence-electron chi connectivity index (χ4n) is 2.88. The summed E-state index contributed by atoms with van der Waals surface area (Å²) in [6.45, 7) is 0.685. The van der Waals surface area contributed by atoms with Gasteiger partial charge in [-0.3, -0.25) is 4.79 Å². The maximum Gasteiger partial charge on any atom is 0.252 e. The molecule has 23 heavy (non-hydrogen) atoms. The van der Waals surface area contributed by atoms with Gasteiger partial charge >= 0.3 is 0 Å². The maximum atomic E-state index is 12.6. The van der Waals surface area contributed by atoms with Gasteiger partial charge in [-0.2, -0.15) is 0 Å². The lowest BCUT2D eigenvalue weighted by Crippen LogP contribution is -2.25. The fraction of sp³-hybridized carbons (Fsp3) is 0.412. The Morgan fingerprint density at radius 3 is 2.96 bits per heavy atom. The maximum absolute atomic E-state index is 12.6. The Morgan fingerprint density at radius 1 is 1.26 bits per heavy atom. The summed E-state index contributed by atoms with van der Waals surface area (Å²) in [6, 6.07) is 5.66. The van der Waals surface area contributed by atoms with Crippen molar-refractivity contribution in [1.82, 2.24) is 15.3 Å². The second-order valence-corrected chi connectivity index (χ2v) is 5.90. The van der Waals surface area contributed by atoms with Crippen molar-refractivity contribution >= 4 is 11.6 Å². The highest BCUT2D eigenvalue weighted by Gasteiger charge is 2.17. The first-order valence-corrected chi connectivity index (χ1v) is 8.10. The van der Waals surface area contributed by atoms with E-state index in [9.17, 15) is 4.79 Å². The first-order chi connectivity index (χ1) is 11.2. The normalized spacial score (nSPS) is 18.9. The molecule has 3 rings (SSSR count). The molecule has 0 fully saturated rings. The van der Waals surface area contributed by atoms with Crippen molar-refractivity contribution in [1.29, 1.82) is 0 Å². The zero-order valence-corrected chi connectivity index (χ0v) is 13.4. The van der Waals surface area contributed by atoms with Crippen LogP contribution in [0.5, 0.6) is 0 Å². The van der Waals surface area contributed by atoms with Crippen molar-refractivity contribution in [3.05, 3.63) is 35.8 Å². The summed E-state index contributed by atoms with van der Waals surface area (Å²) in [5, 5.41) is 6.08. The van der Waals surface area contributed by atoms with Crippen molar-refractivity contribution in [2.24, 2.45) is 5.73 Å². The monoisotopic (exact) mass is 313 g/mol. The molecule has 1 aromatic heterocycles. The Labute approximate surface area is 135 Å². The van der Waals surface area contributed by atoms with Gasteiger partial charge in [-0.25, -0.2) is 4.98 Å². The summed E-state index contributed by atoms with van der Waals surface area (Å²) < 4.78 is 0. The van der Waals surface area contributed by atoms with Crippen molar-refractivity contribution in [2.75, 3.05) is 18.9 Å². The molecular weight excluding hydrogens is 290 g/mol. The molecule has 0 saturated carbocycles. The zero-order valence-electron chi connectivity index (χ0n) is 13.4. The molecule has 6 nitrogen and oxygen atoms in total. The standard InChI is InChI=1S/C17H23N5O/c1-19-11-6-7-12-13(9-11)17(23)20-8-4-2-3-5-14(18)16-21-10-15(12)22-16/h6-7,9-10,14,19H,2-5,8,18H2,1H3,(H,20,23)(H,21,22)/t14-/m0/s1. The number of anilines is 1. The predicted molar refractivity (Wildman–Crippen MR) is 91.3 cm³/mol. The van der Waals surface area contributed by atoms with Crippen molar-refractivity contribution in [3.8, 4) is 11.3 Å². The highest BCUT2D eigenvalue weighted by Crippen LogP contribution is 2.27. The fourth-order valence-corrected chi connectivity index (χ4v) is 2.88. The van der Waals surface area contributed by atoms with E-state index in [1.807, 2.05) is 25.2 Å². The summed E-state index contributed by atoms with van der Waals surface area (Å²) in [5.74, 6) is 0.722. The number of amides is 1. The van der Waals surface area contributed by atoms with Crippen molar-refractivity contribution in [3.63, 3.8) is 0 Å². The number of nitrogens with one attached hydrogen (secondary N) is 3. The van der Waals surface area contributed by atoms with Crippen LogP contribution >= 0.6 is 0 Å².